The fourth-order valence-corrected chi connectivity index (χ4v) is 3.99. The van der Waals surface area contributed by atoms with Crippen LogP contribution in [0.3, 0.4) is 0 Å². The van der Waals surface area contributed by atoms with E-state index in [1.165, 1.54) is 0 Å². The molecule has 0 N–H and O–H groups in total. The maximum Gasteiger partial charge on any atom is 0.410 e. The van der Waals surface area contributed by atoms with E-state index in [-0.39, 0.29) is 18.1 Å². The van der Waals surface area contributed by atoms with Crippen molar-refractivity contribution < 1.29 is 18.8 Å². The third-order valence-electron chi connectivity index (χ3n) is 5.76. The molecule has 4 heterocycles. The van der Waals surface area contributed by atoms with Crippen molar-refractivity contribution in [1.82, 2.24) is 24.8 Å². The Morgan fingerprint density at radius 1 is 1.19 bits per heavy atom. The lowest BCUT2D eigenvalue weighted by molar-refractivity contribution is -0.0266. The second kappa shape index (κ2) is 7.64. The van der Waals surface area contributed by atoms with Gasteiger partial charge in [-0.2, -0.15) is 10.1 Å². The van der Waals surface area contributed by atoms with Crippen LogP contribution in [0.1, 0.15) is 51.5 Å². The van der Waals surface area contributed by atoms with E-state index in [9.17, 15) is 4.79 Å². The van der Waals surface area contributed by atoms with Crippen LogP contribution >= 0.6 is 0 Å². The SMILES string of the molecule is CC(C)(C)OC(=O)N1CCC(c2nc(-c3ccc4cnn(C5COC5)c4c3)no2)CC1. The number of carbonyl (C=O) groups excluding carboxylic acids is 1. The lowest BCUT2D eigenvalue weighted by atomic mass is 9.97. The smallest absolute Gasteiger partial charge is 0.410 e. The maximum atomic E-state index is 12.3. The number of rotatable bonds is 3. The number of aromatic nitrogens is 4. The van der Waals surface area contributed by atoms with Crippen molar-refractivity contribution in [3.8, 4) is 11.4 Å². The molecule has 2 saturated heterocycles. The van der Waals surface area contributed by atoms with Gasteiger partial charge in [0.1, 0.15) is 5.60 Å². The summed E-state index contributed by atoms with van der Waals surface area (Å²) in [5, 5.41) is 9.80. The van der Waals surface area contributed by atoms with E-state index in [1.807, 2.05) is 43.8 Å². The Kier molecular flexibility index (Phi) is 4.92. The lowest BCUT2D eigenvalue weighted by Crippen LogP contribution is -2.41. The number of carbonyl (C=O) groups is 1. The van der Waals surface area contributed by atoms with Crippen LogP contribution in [0.25, 0.3) is 22.3 Å². The fourth-order valence-electron chi connectivity index (χ4n) is 3.99. The Bertz CT molecular complexity index is 1090. The molecular weight excluding hydrogens is 398 g/mol. The van der Waals surface area contributed by atoms with Gasteiger partial charge in [0.25, 0.3) is 0 Å². The molecule has 0 bridgehead atoms. The van der Waals surface area contributed by atoms with Crippen LogP contribution in [0, 0.1) is 0 Å². The van der Waals surface area contributed by atoms with Gasteiger partial charge in [-0.15, -0.1) is 0 Å². The number of hydrogen-bond donors (Lipinski definition) is 0. The van der Waals surface area contributed by atoms with Gasteiger partial charge in [-0.05, 0) is 39.7 Å². The molecule has 0 aliphatic carbocycles. The number of hydrogen-bond acceptors (Lipinski definition) is 7. The Morgan fingerprint density at radius 2 is 1.97 bits per heavy atom. The van der Waals surface area contributed by atoms with Gasteiger partial charge in [0.15, 0.2) is 0 Å². The van der Waals surface area contributed by atoms with E-state index in [0.29, 0.717) is 38.0 Å². The van der Waals surface area contributed by atoms with Crippen LogP contribution < -0.4 is 0 Å². The number of ether oxygens (including phenoxy) is 2. The lowest BCUT2D eigenvalue weighted by Gasteiger charge is -2.32. The highest BCUT2D eigenvalue weighted by atomic mass is 16.6. The summed E-state index contributed by atoms with van der Waals surface area (Å²) < 4.78 is 18.4. The summed E-state index contributed by atoms with van der Waals surface area (Å²) in [5.74, 6) is 1.34. The van der Waals surface area contributed by atoms with Gasteiger partial charge < -0.3 is 18.9 Å². The molecule has 0 spiro atoms. The van der Waals surface area contributed by atoms with Crippen LogP contribution in [0.2, 0.25) is 0 Å². The molecule has 0 atom stereocenters. The normalized spacial score (nSPS) is 18.4. The summed E-state index contributed by atoms with van der Waals surface area (Å²) in [5.41, 5.74) is 1.45. The fraction of sp³-hybridized carbons (Fsp3) is 0.545. The third kappa shape index (κ3) is 4.01. The molecule has 1 aromatic carbocycles. The molecule has 9 nitrogen and oxygen atoms in total. The molecule has 1 amide bonds. The molecule has 0 unspecified atom stereocenters. The van der Waals surface area contributed by atoms with Crippen molar-refractivity contribution in [1.29, 1.82) is 0 Å². The zero-order valence-electron chi connectivity index (χ0n) is 18.1. The van der Waals surface area contributed by atoms with Gasteiger partial charge >= 0.3 is 6.09 Å². The van der Waals surface area contributed by atoms with Gasteiger partial charge in [0.05, 0.1) is 31.0 Å². The topological polar surface area (TPSA) is 95.5 Å². The second-order valence-electron chi connectivity index (χ2n) is 9.25. The molecule has 31 heavy (non-hydrogen) atoms. The number of amides is 1. The first-order valence-electron chi connectivity index (χ1n) is 10.7. The van der Waals surface area contributed by atoms with E-state index in [0.717, 1.165) is 29.3 Å². The molecule has 0 saturated carbocycles. The van der Waals surface area contributed by atoms with E-state index < -0.39 is 5.60 Å². The zero-order valence-corrected chi connectivity index (χ0v) is 18.1. The van der Waals surface area contributed by atoms with Gasteiger partial charge in [0.2, 0.25) is 11.7 Å². The monoisotopic (exact) mass is 425 g/mol. The molecule has 9 heteroatoms. The van der Waals surface area contributed by atoms with Crippen molar-refractivity contribution in [2.24, 2.45) is 0 Å². The standard InChI is InChI=1S/C22H27N5O4/c1-22(2,3)30-21(28)26-8-6-14(7-9-26)20-24-19(25-31-20)15-4-5-16-11-23-27(18(16)10-15)17-12-29-13-17/h4-5,10-11,14,17H,6-9,12-13H2,1-3H3. The second-order valence-corrected chi connectivity index (χ2v) is 9.25. The van der Waals surface area contributed by atoms with Gasteiger partial charge in [-0.3, -0.25) is 4.68 Å². The van der Waals surface area contributed by atoms with Crippen LogP contribution in [-0.4, -0.2) is 62.8 Å². The number of fused-ring (bicyclic) bond motifs is 1. The highest BCUT2D eigenvalue weighted by Gasteiger charge is 2.30. The molecule has 5 rings (SSSR count). The molecule has 2 aromatic heterocycles. The summed E-state index contributed by atoms with van der Waals surface area (Å²) in [4.78, 5) is 18.7. The highest BCUT2D eigenvalue weighted by molar-refractivity contribution is 5.83. The minimum absolute atomic E-state index is 0.140. The van der Waals surface area contributed by atoms with Crippen molar-refractivity contribution in [2.75, 3.05) is 26.3 Å². The Hall–Kier alpha value is -2.94. The quantitative estimate of drug-likeness (QED) is 0.630. The van der Waals surface area contributed by atoms with E-state index in [4.69, 9.17) is 14.0 Å². The van der Waals surface area contributed by atoms with Crippen molar-refractivity contribution in [3.05, 3.63) is 30.3 Å². The molecule has 2 aliphatic heterocycles. The molecule has 164 valence electrons. The summed E-state index contributed by atoms with van der Waals surface area (Å²) in [6.45, 7) is 8.24. The van der Waals surface area contributed by atoms with E-state index >= 15 is 0 Å². The van der Waals surface area contributed by atoms with Crippen molar-refractivity contribution in [3.63, 3.8) is 0 Å². The van der Waals surface area contributed by atoms with Crippen LogP contribution in [0.5, 0.6) is 0 Å². The molecular formula is C22H27N5O4. The molecule has 2 fully saturated rings. The Labute approximate surface area is 180 Å². The van der Waals surface area contributed by atoms with E-state index in [1.54, 1.807) is 4.90 Å². The highest BCUT2D eigenvalue weighted by Crippen LogP contribution is 2.31. The number of piperidine rings is 1. The average molecular weight is 425 g/mol. The first kappa shape index (κ1) is 20.0. The molecule has 3 aromatic rings. The van der Waals surface area contributed by atoms with Crippen molar-refractivity contribution in [2.45, 2.75) is 51.2 Å². The van der Waals surface area contributed by atoms with E-state index in [2.05, 4.69) is 21.3 Å². The number of nitrogens with zero attached hydrogens (tertiary/aromatic N) is 5. The van der Waals surface area contributed by atoms with Gasteiger partial charge in [-0.1, -0.05) is 17.3 Å². The predicted octanol–water partition coefficient (Wildman–Crippen LogP) is 3.77. The zero-order chi connectivity index (χ0) is 21.6. The maximum absolute atomic E-state index is 12.3. The Balaban J connectivity index is 1.28. The third-order valence-corrected chi connectivity index (χ3v) is 5.76. The first-order valence-corrected chi connectivity index (χ1v) is 10.7. The number of likely N-dealkylation sites (tertiary alicyclic amines) is 1. The minimum Gasteiger partial charge on any atom is -0.444 e. The predicted molar refractivity (Wildman–Crippen MR) is 113 cm³/mol. The van der Waals surface area contributed by atoms with Gasteiger partial charge in [-0.25, -0.2) is 4.79 Å². The largest absolute Gasteiger partial charge is 0.444 e. The molecule has 2 aliphatic rings. The average Bonchev–Trinajstić information content (AvgIpc) is 3.33. The van der Waals surface area contributed by atoms with Crippen LogP contribution in [-0.2, 0) is 9.47 Å². The summed E-state index contributed by atoms with van der Waals surface area (Å²) in [6, 6.07) is 6.36. The summed E-state index contributed by atoms with van der Waals surface area (Å²) in [7, 11) is 0. The minimum atomic E-state index is -0.489. The van der Waals surface area contributed by atoms with Crippen LogP contribution in [0.15, 0.2) is 28.9 Å². The van der Waals surface area contributed by atoms with Gasteiger partial charge in [0, 0.05) is 30.0 Å². The first-order chi connectivity index (χ1) is 14.9. The van der Waals surface area contributed by atoms with Crippen LogP contribution in [0.4, 0.5) is 4.79 Å². The summed E-state index contributed by atoms with van der Waals surface area (Å²) >= 11 is 0. The summed E-state index contributed by atoms with van der Waals surface area (Å²) in [6.07, 6.45) is 3.15. The number of benzene rings is 1. The molecule has 0 radical (unpaired) electrons. The van der Waals surface area contributed by atoms with Crippen molar-refractivity contribution >= 4 is 17.0 Å². The Morgan fingerprint density at radius 3 is 2.65 bits per heavy atom.